The predicted octanol–water partition coefficient (Wildman–Crippen LogP) is -1.45. The Hall–Kier alpha value is -0.650. The number of carbonyl (C=O) groups is 1. The largest absolute Gasteiger partial charge is 0.389 e. The minimum absolute atomic E-state index is 0.0109. The van der Waals surface area contributed by atoms with Crippen LogP contribution in [-0.4, -0.2) is 59.4 Å². The van der Waals surface area contributed by atoms with Crippen LogP contribution in [0.2, 0.25) is 0 Å². The maximum Gasteiger partial charge on any atom is 0.234 e. The lowest BCUT2D eigenvalue weighted by atomic mass is 10.3. The van der Waals surface area contributed by atoms with E-state index in [1.807, 2.05) is 0 Å². The van der Waals surface area contributed by atoms with Crippen molar-refractivity contribution in [3.63, 3.8) is 0 Å². The Morgan fingerprint density at radius 1 is 1.27 bits per heavy atom. The highest BCUT2D eigenvalue weighted by molar-refractivity contribution is 5.78. The summed E-state index contributed by atoms with van der Waals surface area (Å²) in [5.41, 5.74) is 0. The smallest absolute Gasteiger partial charge is 0.234 e. The van der Waals surface area contributed by atoms with E-state index in [4.69, 9.17) is 0 Å². The van der Waals surface area contributed by atoms with Gasteiger partial charge in [-0.3, -0.25) is 9.69 Å². The normalized spacial score (nSPS) is 31.9. The Morgan fingerprint density at radius 3 is 2.40 bits per heavy atom. The van der Waals surface area contributed by atoms with Gasteiger partial charge in [0.25, 0.3) is 0 Å². The summed E-state index contributed by atoms with van der Waals surface area (Å²) in [4.78, 5) is 13.2. The number of carbonyl (C=O) groups excluding carboxylic acids is 1. The summed E-state index contributed by atoms with van der Waals surface area (Å²) >= 11 is 0. The first-order valence-corrected chi connectivity index (χ1v) is 5.50. The summed E-state index contributed by atoms with van der Waals surface area (Å²) in [6, 6.07) is 0. The van der Waals surface area contributed by atoms with Crippen LogP contribution in [0.25, 0.3) is 0 Å². The Bertz CT molecular complexity index is 233. The molecular weight excluding hydrogens is 196 g/mol. The molecule has 2 aliphatic rings. The molecule has 5 heteroatoms. The van der Waals surface area contributed by atoms with Crippen molar-refractivity contribution in [2.75, 3.05) is 26.2 Å². The number of β-amino-alcohol motifs (C(OH)–C–C–N with tert-alkyl or cyclic N) is 2. The van der Waals surface area contributed by atoms with Gasteiger partial charge in [-0.15, -0.1) is 0 Å². The van der Waals surface area contributed by atoms with E-state index in [2.05, 4.69) is 5.32 Å². The molecule has 2 rings (SSSR count). The van der Waals surface area contributed by atoms with Crippen molar-refractivity contribution in [2.24, 2.45) is 5.92 Å². The van der Waals surface area contributed by atoms with Crippen LogP contribution >= 0.6 is 0 Å². The molecule has 0 spiro atoms. The highest BCUT2D eigenvalue weighted by Gasteiger charge is 2.30. The molecule has 5 nitrogen and oxygen atoms in total. The summed E-state index contributed by atoms with van der Waals surface area (Å²) in [5, 5.41) is 21.4. The van der Waals surface area contributed by atoms with E-state index < -0.39 is 12.2 Å². The minimum atomic E-state index is -0.707. The van der Waals surface area contributed by atoms with Crippen LogP contribution in [0, 0.1) is 5.92 Å². The topological polar surface area (TPSA) is 72.8 Å². The van der Waals surface area contributed by atoms with Gasteiger partial charge >= 0.3 is 0 Å². The molecule has 1 amide bonds. The molecule has 86 valence electrons. The third kappa shape index (κ3) is 3.15. The quantitative estimate of drug-likeness (QED) is 0.535. The van der Waals surface area contributed by atoms with E-state index in [0.717, 1.165) is 6.54 Å². The zero-order valence-corrected chi connectivity index (χ0v) is 8.72. The highest BCUT2D eigenvalue weighted by Crippen LogP contribution is 2.27. The maximum absolute atomic E-state index is 11.4. The molecule has 0 radical (unpaired) electrons. The van der Waals surface area contributed by atoms with Crippen LogP contribution < -0.4 is 5.32 Å². The average molecular weight is 214 g/mol. The molecule has 2 atom stereocenters. The number of aliphatic hydroxyl groups is 2. The van der Waals surface area contributed by atoms with E-state index in [1.54, 1.807) is 4.90 Å². The third-order valence-electron chi connectivity index (χ3n) is 2.99. The van der Waals surface area contributed by atoms with E-state index >= 15 is 0 Å². The van der Waals surface area contributed by atoms with Crippen LogP contribution in [-0.2, 0) is 4.79 Å². The Labute approximate surface area is 89.1 Å². The first kappa shape index (κ1) is 10.9. The number of rotatable bonds is 4. The Kier molecular flexibility index (Phi) is 3.23. The summed E-state index contributed by atoms with van der Waals surface area (Å²) < 4.78 is 0. The molecular formula is C10H18N2O3. The first-order valence-electron chi connectivity index (χ1n) is 5.50. The highest BCUT2D eigenvalue weighted by atomic mass is 16.3. The standard InChI is InChI=1S/C10H18N2O3/c13-8-4-12(5-9(8)14)6-10(15)11-3-7-1-2-7/h7-9,13-14H,1-6H2,(H,11,15)/t8-,9+. The molecule has 0 aromatic heterocycles. The number of hydrogen-bond acceptors (Lipinski definition) is 4. The lowest BCUT2D eigenvalue weighted by molar-refractivity contribution is -0.122. The number of amides is 1. The van der Waals surface area contributed by atoms with Crippen molar-refractivity contribution >= 4 is 5.91 Å². The van der Waals surface area contributed by atoms with Gasteiger partial charge in [-0.05, 0) is 18.8 Å². The fourth-order valence-corrected chi connectivity index (χ4v) is 1.82. The predicted molar refractivity (Wildman–Crippen MR) is 54.2 cm³/mol. The molecule has 3 N–H and O–H groups in total. The zero-order chi connectivity index (χ0) is 10.8. The molecule has 1 aliphatic carbocycles. The Morgan fingerprint density at radius 2 is 1.87 bits per heavy atom. The van der Waals surface area contributed by atoms with E-state index in [0.29, 0.717) is 19.0 Å². The van der Waals surface area contributed by atoms with Crippen LogP contribution in [0.4, 0.5) is 0 Å². The molecule has 1 aliphatic heterocycles. The van der Waals surface area contributed by atoms with Gasteiger partial charge < -0.3 is 15.5 Å². The number of nitrogens with zero attached hydrogens (tertiary/aromatic N) is 1. The molecule has 1 heterocycles. The van der Waals surface area contributed by atoms with Gasteiger partial charge in [-0.1, -0.05) is 0 Å². The van der Waals surface area contributed by atoms with Gasteiger partial charge in [0.1, 0.15) is 0 Å². The molecule has 0 aromatic carbocycles. The first-order chi connectivity index (χ1) is 7.15. The molecule has 2 fully saturated rings. The summed E-state index contributed by atoms with van der Waals surface area (Å²) in [5.74, 6) is 0.673. The Balaban J connectivity index is 1.65. The average Bonchev–Trinajstić information content (AvgIpc) is 2.93. The SMILES string of the molecule is O=C(CN1C[C@@H](O)[C@@H](O)C1)NCC1CC1. The van der Waals surface area contributed by atoms with E-state index in [9.17, 15) is 15.0 Å². The van der Waals surface area contributed by atoms with E-state index in [-0.39, 0.29) is 12.5 Å². The van der Waals surface area contributed by atoms with E-state index in [1.165, 1.54) is 12.8 Å². The van der Waals surface area contributed by atoms with Crippen molar-refractivity contribution in [2.45, 2.75) is 25.0 Å². The van der Waals surface area contributed by atoms with Crippen LogP contribution in [0.3, 0.4) is 0 Å². The van der Waals surface area contributed by atoms with Crippen molar-refractivity contribution < 1.29 is 15.0 Å². The lowest BCUT2D eigenvalue weighted by Gasteiger charge is -2.13. The fraction of sp³-hybridized carbons (Fsp3) is 0.900. The van der Waals surface area contributed by atoms with Crippen molar-refractivity contribution in [3.05, 3.63) is 0 Å². The van der Waals surface area contributed by atoms with Gasteiger partial charge in [0, 0.05) is 19.6 Å². The van der Waals surface area contributed by atoms with Crippen molar-refractivity contribution in [1.29, 1.82) is 0 Å². The van der Waals surface area contributed by atoms with Crippen LogP contribution in [0.15, 0.2) is 0 Å². The second-order valence-electron chi connectivity index (χ2n) is 4.58. The number of nitrogens with one attached hydrogen (secondary N) is 1. The van der Waals surface area contributed by atoms with Crippen molar-refractivity contribution in [3.8, 4) is 0 Å². The summed E-state index contributed by atoms with van der Waals surface area (Å²) in [7, 11) is 0. The molecule has 1 saturated carbocycles. The zero-order valence-electron chi connectivity index (χ0n) is 8.72. The van der Waals surface area contributed by atoms with Gasteiger partial charge in [-0.25, -0.2) is 0 Å². The molecule has 1 saturated heterocycles. The third-order valence-corrected chi connectivity index (χ3v) is 2.99. The number of likely N-dealkylation sites (tertiary alicyclic amines) is 1. The second-order valence-corrected chi connectivity index (χ2v) is 4.58. The lowest BCUT2D eigenvalue weighted by Crippen LogP contribution is -2.37. The van der Waals surface area contributed by atoms with Gasteiger partial charge in [0.05, 0.1) is 18.8 Å². The van der Waals surface area contributed by atoms with Gasteiger partial charge in [-0.2, -0.15) is 0 Å². The van der Waals surface area contributed by atoms with Crippen LogP contribution in [0.5, 0.6) is 0 Å². The van der Waals surface area contributed by atoms with Crippen LogP contribution in [0.1, 0.15) is 12.8 Å². The minimum Gasteiger partial charge on any atom is -0.389 e. The molecule has 0 aromatic rings. The van der Waals surface area contributed by atoms with Gasteiger partial charge in [0.2, 0.25) is 5.91 Å². The monoisotopic (exact) mass is 214 g/mol. The maximum atomic E-state index is 11.4. The van der Waals surface area contributed by atoms with Gasteiger partial charge in [0.15, 0.2) is 0 Å². The second kappa shape index (κ2) is 4.47. The summed E-state index contributed by atoms with van der Waals surface area (Å²) in [6.45, 7) is 1.83. The summed E-state index contributed by atoms with van der Waals surface area (Å²) in [6.07, 6.45) is 1.03. The molecule has 0 unspecified atom stereocenters. The molecule has 15 heavy (non-hydrogen) atoms. The van der Waals surface area contributed by atoms with Crippen molar-refractivity contribution in [1.82, 2.24) is 10.2 Å². The number of aliphatic hydroxyl groups excluding tert-OH is 2. The molecule has 0 bridgehead atoms. The fourth-order valence-electron chi connectivity index (χ4n) is 1.82. The number of hydrogen-bond donors (Lipinski definition) is 3.